The van der Waals surface area contributed by atoms with Crippen LogP contribution in [0, 0.1) is 0 Å². The second-order valence-electron chi connectivity index (χ2n) is 6.50. The molecule has 1 fully saturated rings. The minimum absolute atomic E-state index is 0.0276. The molecular formula is C20H23N3O2S. The van der Waals surface area contributed by atoms with Crippen molar-refractivity contribution in [1.29, 1.82) is 0 Å². The first kappa shape index (κ1) is 16.8. The number of amides is 2. The molecule has 5 nitrogen and oxygen atoms in total. The lowest BCUT2D eigenvalue weighted by atomic mass is 9.93. The Balaban J connectivity index is 1.83. The van der Waals surface area contributed by atoms with E-state index in [9.17, 15) is 4.79 Å². The van der Waals surface area contributed by atoms with Crippen molar-refractivity contribution in [2.24, 2.45) is 5.73 Å². The Labute approximate surface area is 156 Å². The quantitative estimate of drug-likeness (QED) is 0.809. The lowest BCUT2D eigenvalue weighted by Crippen LogP contribution is -2.40. The average Bonchev–Trinajstić information content (AvgIpc) is 3.40. The van der Waals surface area contributed by atoms with Gasteiger partial charge in [-0.25, -0.2) is 4.79 Å². The fourth-order valence-corrected chi connectivity index (χ4v) is 6.36. The van der Waals surface area contributed by atoms with E-state index in [2.05, 4.69) is 46.0 Å². The Morgan fingerprint density at radius 1 is 1.15 bits per heavy atom. The van der Waals surface area contributed by atoms with Crippen LogP contribution in [0.4, 0.5) is 4.79 Å². The first-order valence-corrected chi connectivity index (χ1v) is 10.2. The molecule has 2 aliphatic heterocycles. The normalized spacial score (nSPS) is 25.8. The van der Waals surface area contributed by atoms with Crippen LogP contribution in [0.3, 0.4) is 0 Å². The van der Waals surface area contributed by atoms with Gasteiger partial charge in [0.25, 0.3) is 0 Å². The minimum atomic E-state index is -0.591. The van der Waals surface area contributed by atoms with Gasteiger partial charge in [0.15, 0.2) is 0 Å². The maximum Gasteiger partial charge on any atom is 0.315 e. The number of hydrogen-bond donors (Lipinski definition) is 2. The summed E-state index contributed by atoms with van der Waals surface area (Å²) in [5.74, 6) is 0.964. The molecule has 136 valence electrons. The zero-order valence-corrected chi connectivity index (χ0v) is 15.5. The molecule has 1 saturated heterocycles. The van der Waals surface area contributed by atoms with Gasteiger partial charge < -0.3 is 19.9 Å². The summed E-state index contributed by atoms with van der Waals surface area (Å²) in [5.41, 5.74) is 6.91. The predicted octanol–water partition coefficient (Wildman–Crippen LogP) is 3.58. The van der Waals surface area contributed by atoms with Crippen LogP contribution < -0.4 is 10.5 Å². The number of nitrogens with two attached hydrogens (primary N) is 1. The molecule has 0 aliphatic carbocycles. The van der Waals surface area contributed by atoms with Gasteiger partial charge in [-0.05, 0) is 29.0 Å². The molecule has 26 heavy (non-hydrogen) atoms. The Hall–Kier alpha value is -2.60. The molecule has 4 rings (SSSR count). The van der Waals surface area contributed by atoms with Crippen molar-refractivity contribution in [3.05, 3.63) is 77.3 Å². The fourth-order valence-electron chi connectivity index (χ4n) is 4.07. The van der Waals surface area contributed by atoms with Crippen LogP contribution in [0.15, 0.2) is 71.8 Å². The van der Waals surface area contributed by atoms with Crippen LogP contribution in [0.5, 0.6) is 5.75 Å². The highest BCUT2D eigenvalue weighted by Crippen LogP contribution is 2.54. The molecule has 6 heteroatoms. The molecule has 0 saturated carbocycles. The van der Waals surface area contributed by atoms with Gasteiger partial charge >= 0.3 is 6.03 Å². The second-order valence-corrected chi connectivity index (χ2v) is 8.52. The number of carbonyl (C=O) groups is 1. The number of urea groups is 1. The van der Waals surface area contributed by atoms with Crippen LogP contribution >= 0.6 is 10.9 Å². The number of benzene rings is 1. The highest BCUT2D eigenvalue weighted by molar-refractivity contribution is 8.22. The Morgan fingerprint density at radius 2 is 1.85 bits per heavy atom. The molecule has 2 aromatic rings. The van der Waals surface area contributed by atoms with Crippen LogP contribution in [0.2, 0.25) is 0 Å². The number of rotatable bonds is 4. The van der Waals surface area contributed by atoms with E-state index in [1.165, 1.54) is 0 Å². The van der Waals surface area contributed by atoms with Gasteiger partial charge in [0.2, 0.25) is 0 Å². The van der Waals surface area contributed by atoms with E-state index in [1.807, 2.05) is 35.2 Å². The second kappa shape index (κ2) is 6.96. The van der Waals surface area contributed by atoms with Crippen molar-refractivity contribution < 1.29 is 9.53 Å². The van der Waals surface area contributed by atoms with Crippen molar-refractivity contribution in [3.63, 3.8) is 0 Å². The summed E-state index contributed by atoms with van der Waals surface area (Å²) in [4.78, 5) is 14.1. The van der Waals surface area contributed by atoms with Gasteiger partial charge in [0.1, 0.15) is 5.75 Å². The minimum Gasteiger partial charge on any atom is -0.496 e. The molecule has 3 unspecified atom stereocenters. The first-order valence-electron chi connectivity index (χ1n) is 8.64. The molecule has 2 aliphatic rings. The summed E-state index contributed by atoms with van der Waals surface area (Å²) in [6.07, 6.45) is 8.27. The molecule has 2 amide bonds. The van der Waals surface area contributed by atoms with Crippen molar-refractivity contribution >= 4 is 16.9 Å². The highest BCUT2D eigenvalue weighted by atomic mass is 32.2. The number of aromatic nitrogens is 1. The summed E-state index contributed by atoms with van der Waals surface area (Å²) in [7, 11) is 1.10. The number of para-hydroxylation sites is 1. The molecule has 3 atom stereocenters. The predicted molar refractivity (Wildman–Crippen MR) is 107 cm³/mol. The number of thiol groups is 1. The van der Waals surface area contributed by atoms with Crippen molar-refractivity contribution in [3.8, 4) is 5.75 Å². The third-order valence-electron chi connectivity index (χ3n) is 5.16. The van der Waals surface area contributed by atoms with E-state index < -0.39 is 10.9 Å². The number of ether oxygens (including phenoxy) is 1. The van der Waals surface area contributed by atoms with E-state index in [0.717, 1.165) is 11.3 Å². The summed E-state index contributed by atoms with van der Waals surface area (Å²) < 4.78 is 7.83. The molecular weight excluding hydrogens is 346 g/mol. The van der Waals surface area contributed by atoms with Gasteiger partial charge in [-0.3, -0.25) is 0 Å². The Kier molecular flexibility index (Phi) is 4.51. The van der Waals surface area contributed by atoms with E-state index in [0.29, 0.717) is 6.54 Å². The summed E-state index contributed by atoms with van der Waals surface area (Å²) in [6.45, 7) is 0.587. The van der Waals surface area contributed by atoms with Crippen molar-refractivity contribution in [1.82, 2.24) is 9.47 Å². The van der Waals surface area contributed by atoms with Crippen LogP contribution in [-0.4, -0.2) is 34.5 Å². The van der Waals surface area contributed by atoms with Gasteiger partial charge in [0, 0.05) is 30.4 Å². The molecule has 0 spiro atoms. The van der Waals surface area contributed by atoms with E-state index in [-0.39, 0.29) is 23.4 Å². The number of nitrogens with zero attached hydrogens (tertiary/aromatic N) is 2. The zero-order chi connectivity index (χ0) is 18.1. The fraction of sp³-hybridized carbons (Fsp3) is 0.250. The largest absolute Gasteiger partial charge is 0.496 e. The van der Waals surface area contributed by atoms with Crippen molar-refractivity contribution in [2.45, 2.75) is 17.3 Å². The summed E-state index contributed by atoms with van der Waals surface area (Å²) >= 11 is 0. The van der Waals surface area contributed by atoms with E-state index >= 15 is 0 Å². The van der Waals surface area contributed by atoms with Crippen LogP contribution in [0.25, 0.3) is 0 Å². The van der Waals surface area contributed by atoms with E-state index in [1.54, 1.807) is 7.11 Å². The highest BCUT2D eigenvalue weighted by Gasteiger charge is 2.47. The number of likely N-dealkylation sites (tertiary alicyclic amines) is 1. The number of methoxy groups -OCH3 is 1. The maximum atomic E-state index is 12.3. The Bertz CT molecular complexity index is 835. The summed E-state index contributed by atoms with van der Waals surface area (Å²) in [6, 6.07) is 11.9. The SMILES string of the molecule is COc1ccccc1C1CN(C(N)=O)C([SH]2C=CC=C2)C1n1cccc1. The maximum absolute atomic E-state index is 12.3. The standard InChI is InChI=1S/C20H23N3O2S/c1-25-17-9-3-2-8-15(17)16-14-23(20(21)24)19(26-12-6-7-13-26)18(16)22-10-4-5-11-22/h2-13,16,18-19,26H,14H2,1H3,(H2,21,24). The molecule has 3 heterocycles. The van der Waals surface area contributed by atoms with Gasteiger partial charge in [-0.2, -0.15) is 10.9 Å². The lowest BCUT2D eigenvalue weighted by Gasteiger charge is -2.34. The number of primary amides is 1. The third-order valence-corrected chi connectivity index (χ3v) is 7.38. The number of carbonyl (C=O) groups excluding carboxylic acids is 1. The van der Waals surface area contributed by atoms with Crippen LogP contribution in [-0.2, 0) is 0 Å². The Morgan fingerprint density at radius 3 is 2.50 bits per heavy atom. The van der Waals surface area contributed by atoms with Crippen LogP contribution in [0.1, 0.15) is 17.5 Å². The molecule has 2 N–H and O–H groups in total. The zero-order valence-electron chi connectivity index (χ0n) is 14.6. The lowest BCUT2D eigenvalue weighted by molar-refractivity contribution is 0.212. The van der Waals surface area contributed by atoms with Gasteiger partial charge in [-0.1, -0.05) is 30.4 Å². The monoisotopic (exact) mass is 369 g/mol. The molecule has 0 bridgehead atoms. The number of hydrogen-bond acceptors (Lipinski definition) is 2. The molecule has 1 aromatic heterocycles. The topological polar surface area (TPSA) is 60.5 Å². The average molecular weight is 369 g/mol. The number of allylic oxidation sites excluding steroid dienone is 2. The molecule has 0 radical (unpaired) electrons. The molecule has 1 aromatic carbocycles. The first-order chi connectivity index (χ1) is 12.7. The smallest absolute Gasteiger partial charge is 0.315 e. The third kappa shape index (κ3) is 2.80. The van der Waals surface area contributed by atoms with E-state index in [4.69, 9.17) is 10.5 Å². The van der Waals surface area contributed by atoms with Crippen molar-refractivity contribution in [2.75, 3.05) is 13.7 Å². The summed E-state index contributed by atoms with van der Waals surface area (Å²) in [5, 5.41) is 4.44. The van der Waals surface area contributed by atoms with Gasteiger partial charge in [-0.15, -0.1) is 0 Å². The van der Waals surface area contributed by atoms with Gasteiger partial charge in [0.05, 0.1) is 18.5 Å².